The Morgan fingerprint density at radius 3 is 1.70 bits per heavy atom. The number of nitrogens with zero attached hydrogens (tertiary/aromatic N) is 2. The van der Waals surface area contributed by atoms with Crippen LogP contribution >= 0.6 is 11.8 Å². The number of thioether (sulfide) groups is 1. The summed E-state index contributed by atoms with van der Waals surface area (Å²) in [6, 6.07) is 53.8. The highest BCUT2D eigenvalue weighted by atomic mass is 32.2. The van der Waals surface area contributed by atoms with Crippen molar-refractivity contribution in [2.24, 2.45) is 5.16 Å². The second kappa shape index (κ2) is 16.2. The van der Waals surface area contributed by atoms with Gasteiger partial charge in [-0.25, -0.2) is 0 Å². The van der Waals surface area contributed by atoms with Gasteiger partial charge in [0.15, 0.2) is 6.61 Å². The Hall–Kier alpha value is -5.92. The predicted molar refractivity (Wildman–Crippen MR) is 213 cm³/mol. The molecule has 264 valence electrons. The number of amides is 2. The highest BCUT2D eigenvalue weighted by Crippen LogP contribution is 2.47. The van der Waals surface area contributed by atoms with Crippen molar-refractivity contribution < 1.29 is 19.2 Å². The summed E-state index contributed by atoms with van der Waals surface area (Å²) in [6.07, 6.45) is 0.406. The molecule has 6 aromatic carbocycles. The number of hydrogen-bond donors (Lipinski definition) is 0. The minimum Gasteiger partial charge on any atom is -0.490 e. The molecule has 0 radical (unpaired) electrons. The number of oxime groups is 1. The summed E-state index contributed by atoms with van der Waals surface area (Å²) >= 11 is 1.09. The Bertz CT molecular complexity index is 2080. The molecule has 0 saturated carbocycles. The smallest absolute Gasteiger partial charge is 0.290 e. The van der Waals surface area contributed by atoms with Crippen LogP contribution in [-0.4, -0.2) is 40.2 Å². The number of ether oxygens (including phenoxy) is 1. The van der Waals surface area contributed by atoms with Gasteiger partial charge in [-0.05, 0) is 71.3 Å². The molecule has 1 unspecified atom stereocenters. The first-order valence-electron chi connectivity index (χ1n) is 17.7. The van der Waals surface area contributed by atoms with E-state index in [2.05, 4.69) is 48.5 Å². The van der Waals surface area contributed by atoms with Crippen molar-refractivity contribution in [1.82, 2.24) is 4.90 Å². The molecule has 1 heterocycles. The Labute approximate surface area is 315 Å². The summed E-state index contributed by atoms with van der Waals surface area (Å²) in [7, 11) is 0. The van der Waals surface area contributed by atoms with Crippen molar-refractivity contribution in [3.8, 4) is 16.9 Å². The second-order valence-corrected chi connectivity index (χ2v) is 14.2. The largest absolute Gasteiger partial charge is 0.490 e. The zero-order valence-corrected chi connectivity index (χ0v) is 30.5. The number of carbonyl (C=O) groups excluding carboxylic acids is 2. The minimum absolute atomic E-state index is 0.216. The fourth-order valence-electron chi connectivity index (χ4n) is 6.79. The minimum atomic E-state index is -1.13. The lowest BCUT2D eigenvalue weighted by Gasteiger charge is -2.42. The van der Waals surface area contributed by atoms with Crippen LogP contribution < -0.4 is 4.74 Å². The highest BCUT2D eigenvalue weighted by molar-refractivity contribution is 8.15. The van der Waals surface area contributed by atoms with Gasteiger partial charge < -0.3 is 9.57 Å². The van der Waals surface area contributed by atoms with Gasteiger partial charge in [-0.3, -0.25) is 14.5 Å². The van der Waals surface area contributed by atoms with E-state index in [-0.39, 0.29) is 17.8 Å². The van der Waals surface area contributed by atoms with Crippen LogP contribution in [0.1, 0.15) is 40.3 Å². The lowest BCUT2D eigenvalue weighted by molar-refractivity contribution is -0.129. The first kappa shape index (κ1) is 35.5. The van der Waals surface area contributed by atoms with Gasteiger partial charge in [-0.1, -0.05) is 174 Å². The molecule has 2 amide bonds. The summed E-state index contributed by atoms with van der Waals surface area (Å²) in [6.45, 7) is 4.62. The van der Waals surface area contributed by atoms with Gasteiger partial charge in [0, 0.05) is 0 Å². The number of imide groups is 1. The molecule has 7 rings (SSSR count). The molecule has 0 aliphatic carbocycles. The molecule has 1 saturated heterocycles. The third-order valence-corrected chi connectivity index (χ3v) is 10.5. The van der Waals surface area contributed by atoms with Gasteiger partial charge in [0.05, 0.1) is 11.0 Å². The zero-order valence-electron chi connectivity index (χ0n) is 29.7. The number of rotatable bonds is 13. The zero-order chi connectivity index (χ0) is 36.6. The quantitative estimate of drug-likeness (QED) is 0.0515. The standard InChI is InChI=1S/C46H40N2O4S/c1-33-18-22-37(23-19-33)38-26-24-36(25-27-38)34(2)47-52-31-30-51-42-28-20-35(21-29-42)32-43-44(49)48(45(50)53-43)46(39-12-6-3-7-13-39,40-14-8-4-9-15-40)41-16-10-5-11-17-41/h3-29,43H,30-32H2,1-2H3/b47-34-. The molecule has 6 aromatic rings. The fourth-order valence-corrected chi connectivity index (χ4v) is 7.85. The van der Waals surface area contributed by atoms with E-state index < -0.39 is 10.8 Å². The normalized spacial score (nSPS) is 14.7. The average molecular weight is 717 g/mol. The molecule has 1 aliphatic heterocycles. The van der Waals surface area contributed by atoms with E-state index in [1.807, 2.05) is 134 Å². The third kappa shape index (κ3) is 7.66. The molecule has 0 aromatic heterocycles. The van der Waals surface area contributed by atoms with Crippen LogP contribution in [0.4, 0.5) is 4.79 Å². The van der Waals surface area contributed by atoms with Crippen molar-refractivity contribution in [3.05, 3.63) is 197 Å². The van der Waals surface area contributed by atoms with E-state index >= 15 is 0 Å². The molecule has 53 heavy (non-hydrogen) atoms. The van der Waals surface area contributed by atoms with E-state index in [1.54, 1.807) is 0 Å². The summed E-state index contributed by atoms with van der Waals surface area (Å²) in [5.74, 6) is 0.469. The molecule has 0 bridgehead atoms. The molecular weight excluding hydrogens is 677 g/mol. The second-order valence-electron chi connectivity index (χ2n) is 13.0. The van der Waals surface area contributed by atoms with Gasteiger partial charge >= 0.3 is 0 Å². The summed E-state index contributed by atoms with van der Waals surface area (Å²) < 4.78 is 5.91. The van der Waals surface area contributed by atoms with E-state index in [1.165, 1.54) is 16.0 Å². The topological polar surface area (TPSA) is 68.2 Å². The Kier molecular flexibility index (Phi) is 10.8. The van der Waals surface area contributed by atoms with Crippen LogP contribution in [-0.2, 0) is 21.6 Å². The maximum absolute atomic E-state index is 14.4. The van der Waals surface area contributed by atoms with E-state index in [9.17, 15) is 9.59 Å². The van der Waals surface area contributed by atoms with Crippen LogP contribution in [0.25, 0.3) is 11.1 Å². The van der Waals surface area contributed by atoms with Crippen molar-refractivity contribution >= 4 is 28.6 Å². The number of benzene rings is 6. The summed E-state index contributed by atoms with van der Waals surface area (Å²) in [4.78, 5) is 35.4. The molecule has 0 N–H and O–H groups in total. The van der Waals surface area contributed by atoms with Crippen LogP contribution in [0, 0.1) is 6.92 Å². The number of hydrogen-bond acceptors (Lipinski definition) is 6. The molecule has 7 heteroatoms. The van der Waals surface area contributed by atoms with Crippen molar-refractivity contribution in [1.29, 1.82) is 0 Å². The molecule has 6 nitrogen and oxygen atoms in total. The Morgan fingerprint density at radius 2 is 1.17 bits per heavy atom. The van der Waals surface area contributed by atoms with Gasteiger partial charge in [-0.2, -0.15) is 0 Å². The van der Waals surface area contributed by atoms with E-state index in [0.717, 1.165) is 50.9 Å². The Balaban J connectivity index is 0.983. The van der Waals surface area contributed by atoms with Gasteiger partial charge in [0.25, 0.3) is 5.24 Å². The number of carbonyl (C=O) groups is 2. The first-order chi connectivity index (χ1) is 25.9. The van der Waals surface area contributed by atoms with Crippen molar-refractivity contribution in [2.75, 3.05) is 13.2 Å². The fraction of sp³-hybridized carbons (Fsp3) is 0.152. The SMILES string of the molecule is C/C(=N/OCCOc1ccc(CC2SC(=O)N(C(c3ccccc3)(c3ccccc3)c3ccccc3)C2=O)cc1)c1ccc(-c2ccc(C)cc2)cc1. The first-order valence-corrected chi connectivity index (χ1v) is 18.6. The van der Waals surface area contributed by atoms with Crippen molar-refractivity contribution in [2.45, 2.75) is 31.1 Å². The van der Waals surface area contributed by atoms with Gasteiger partial charge in [0.1, 0.15) is 17.9 Å². The molecule has 1 fully saturated rings. The highest BCUT2D eigenvalue weighted by Gasteiger charge is 2.53. The monoisotopic (exact) mass is 716 g/mol. The maximum Gasteiger partial charge on any atom is 0.290 e. The number of aryl methyl sites for hydroxylation is 1. The lowest BCUT2D eigenvalue weighted by atomic mass is 9.75. The van der Waals surface area contributed by atoms with Crippen molar-refractivity contribution in [3.63, 3.8) is 0 Å². The van der Waals surface area contributed by atoms with E-state index in [0.29, 0.717) is 18.8 Å². The van der Waals surface area contributed by atoms with Crippen LogP contribution in [0.2, 0.25) is 0 Å². The summed E-state index contributed by atoms with van der Waals surface area (Å²) in [5, 5.41) is 3.44. The van der Waals surface area contributed by atoms with E-state index in [4.69, 9.17) is 9.57 Å². The van der Waals surface area contributed by atoms with Crippen LogP contribution in [0.15, 0.2) is 169 Å². The maximum atomic E-state index is 14.4. The Morgan fingerprint density at radius 1 is 0.660 bits per heavy atom. The average Bonchev–Trinajstić information content (AvgIpc) is 3.48. The molecule has 1 aliphatic rings. The van der Waals surface area contributed by atoms with Crippen LogP contribution in [0.5, 0.6) is 5.75 Å². The lowest BCUT2D eigenvalue weighted by Crippen LogP contribution is -2.51. The van der Waals surface area contributed by atoms with Gasteiger partial charge in [0.2, 0.25) is 5.91 Å². The third-order valence-electron chi connectivity index (χ3n) is 9.51. The van der Waals surface area contributed by atoms with Gasteiger partial charge in [-0.15, -0.1) is 0 Å². The summed E-state index contributed by atoms with van der Waals surface area (Å²) in [5.41, 5.74) is 7.70. The van der Waals surface area contributed by atoms with Crippen LogP contribution in [0.3, 0.4) is 0 Å². The molecular formula is C46H40N2O4S. The molecule has 0 spiro atoms. The predicted octanol–water partition coefficient (Wildman–Crippen LogP) is 10.1. The molecule has 1 atom stereocenters.